The fourth-order valence-electron chi connectivity index (χ4n) is 3.06. The van der Waals surface area contributed by atoms with Gasteiger partial charge in [0.1, 0.15) is 23.9 Å². The second-order valence-electron chi connectivity index (χ2n) is 7.32. The van der Waals surface area contributed by atoms with E-state index in [2.05, 4.69) is 0 Å². The summed E-state index contributed by atoms with van der Waals surface area (Å²) in [6, 6.07) is 13.4. The number of sulfone groups is 1. The number of carbonyl (C=O) groups is 1. The van der Waals surface area contributed by atoms with Gasteiger partial charge in [0, 0.05) is 7.11 Å². The first-order valence-electron chi connectivity index (χ1n) is 10.2. The molecule has 3 aromatic rings. The van der Waals surface area contributed by atoms with Crippen molar-refractivity contribution in [2.24, 2.45) is 0 Å². The van der Waals surface area contributed by atoms with E-state index in [-0.39, 0.29) is 45.8 Å². The van der Waals surface area contributed by atoms with Gasteiger partial charge in [-0.25, -0.2) is 8.42 Å². The third kappa shape index (κ3) is 6.96. The Kier molecular flexibility index (Phi) is 8.03. The predicted molar refractivity (Wildman–Crippen MR) is 119 cm³/mol. The summed E-state index contributed by atoms with van der Waals surface area (Å²) in [5, 5.41) is 9.11. The Hall–Kier alpha value is -3.57. The zero-order chi connectivity index (χ0) is 25.6. The molecule has 0 atom stereocenters. The standard InChI is InChI=1S/C24H21F3O7S/c1-32-10-11-33-20-12-16(14-23(28)29)13-22(15-20)35(30,31)21-8-6-19(7-9-21)34-18-4-2-17(3-5-18)24(25,26)27/h2-9,12-13,15H,10-11,14H2,1H3,(H,28,29). The Morgan fingerprint density at radius 3 is 2.00 bits per heavy atom. The molecule has 1 N–H and O–H groups in total. The number of hydrogen-bond donors (Lipinski definition) is 1. The van der Waals surface area contributed by atoms with Gasteiger partial charge in [-0.15, -0.1) is 0 Å². The van der Waals surface area contributed by atoms with E-state index in [1.807, 2.05) is 0 Å². The minimum absolute atomic E-state index is 0.0902. The number of benzene rings is 3. The van der Waals surface area contributed by atoms with Gasteiger partial charge >= 0.3 is 12.1 Å². The maximum absolute atomic E-state index is 13.2. The predicted octanol–water partition coefficient (Wildman–Crippen LogP) is 4.98. The van der Waals surface area contributed by atoms with Gasteiger partial charge in [-0.3, -0.25) is 4.79 Å². The number of rotatable bonds is 10. The lowest BCUT2D eigenvalue weighted by Gasteiger charge is -2.12. The summed E-state index contributed by atoms with van der Waals surface area (Å²) in [5.41, 5.74) is -0.574. The average Bonchev–Trinajstić information content (AvgIpc) is 2.79. The minimum atomic E-state index is -4.47. The third-order valence-corrected chi connectivity index (χ3v) is 6.46. The molecule has 0 aromatic heterocycles. The number of carboxylic acids is 1. The molecule has 0 heterocycles. The van der Waals surface area contributed by atoms with Gasteiger partial charge < -0.3 is 19.3 Å². The van der Waals surface area contributed by atoms with E-state index >= 15 is 0 Å². The van der Waals surface area contributed by atoms with Crippen LogP contribution in [0.4, 0.5) is 13.2 Å². The van der Waals surface area contributed by atoms with Crippen LogP contribution in [0.2, 0.25) is 0 Å². The van der Waals surface area contributed by atoms with E-state index in [0.29, 0.717) is 0 Å². The van der Waals surface area contributed by atoms with Crippen molar-refractivity contribution in [2.75, 3.05) is 20.3 Å². The molecule has 0 aliphatic heterocycles. The highest BCUT2D eigenvalue weighted by Gasteiger charge is 2.30. The number of carboxylic acid groups (broad SMARTS) is 1. The lowest BCUT2D eigenvalue weighted by Crippen LogP contribution is -2.08. The van der Waals surface area contributed by atoms with Gasteiger partial charge in [-0.2, -0.15) is 13.2 Å². The van der Waals surface area contributed by atoms with E-state index < -0.39 is 34.0 Å². The number of ether oxygens (including phenoxy) is 3. The van der Waals surface area contributed by atoms with Crippen molar-refractivity contribution in [1.82, 2.24) is 0 Å². The quantitative estimate of drug-likeness (QED) is 0.384. The number of alkyl halides is 3. The first-order valence-corrected chi connectivity index (χ1v) is 11.6. The van der Waals surface area contributed by atoms with Crippen LogP contribution in [0.3, 0.4) is 0 Å². The molecule has 0 saturated heterocycles. The van der Waals surface area contributed by atoms with Gasteiger partial charge in [0.05, 0.1) is 28.4 Å². The molecule has 0 bridgehead atoms. The van der Waals surface area contributed by atoms with Crippen molar-refractivity contribution in [2.45, 2.75) is 22.4 Å². The van der Waals surface area contributed by atoms with Gasteiger partial charge in [-0.05, 0) is 72.3 Å². The smallest absolute Gasteiger partial charge is 0.416 e. The molecule has 0 spiro atoms. The Bertz CT molecular complexity index is 1270. The molecule has 0 saturated carbocycles. The lowest BCUT2D eigenvalue weighted by molar-refractivity contribution is -0.138. The molecule has 11 heteroatoms. The van der Waals surface area contributed by atoms with E-state index in [4.69, 9.17) is 19.3 Å². The van der Waals surface area contributed by atoms with Crippen LogP contribution in [-0.2, 0) is 32.0 Å². The van der Waals surface area contributed by atoms with Crippen LogP contribution in [0.25, 0.3) is 0 Å². The maximum atomic E-state index is 13.2. The first kappa shape index (κ1) is 26.0. The van der Waals surface area contributed by atoms with Crippen LogP contribution in [-0.4, -0.2) is 39.8 Å². The molecular weight excluding hydrogens is 489 g/mol. The average molecular weight is 510 g/mol. The Morgan fingerprint density at radius 2 is 1.46 bits per heavy atom. The fourth-order valence-corrected chi connectivity index (χ4v) is 4.40. The highest BCUT2D eigenvalue weighted by molar-refractivity contribution is 7.91. The van der Waals surface area contributed by atoms with Crippen LogP contribution in [0, 0.1) is 0 Å². The summed E-state index contributed by atoms with van der Waals surface area (Å²) >= 11 is 0. The summed E-state index contributed by atoms with van der Waals surface area (Å²) in [6.07, 6.45) is -4.87. The molecule has 0 radical (unpaired) electrons. The minimum Gasteiger partial charge on any atom is -0.491 e. The van der Waals surface area contributed by atoms with E-state index in [1.165, 1.54) is 49.6 Å². The fraction of sp³-hybridized carbons (Fsp3) is 0.208. The van der Waals surface area contributed by atoms with Gasteiger partial charge in [0.15, 0.2) is 0 Å². The molecule has 0 unspecified atom stereocenters. The van der Waals surface area contributed by atoms with Gasteiger partial charge in [0.2, 0.25) is 9.84 Å². The van der Waals surface area contributed by atoms with E-state index in [1.54, 1.807) is 0 Å². The normalized spacial score (nSPS) is 11.8. The van der Waals surface area contributed by atoms with Crippen LogP contribution in [0.1, 0.15) is 11.1 Å². The Morgan fingerprint density at radius 1 is 0.857 bits per heavy atom. The molecular formula is C24H21F3O7S. The van der Waals surface area contributed by atoms with Crippen molar-refractivity contribution in [3.05, 3.63) is 77.9 Å². The van der Waals surface area contributed by atoms with Crippen LogP contribution < -0.4 is 9.47 Å². The van der Waals surface area contributed by atoms with E-state index in [9.17, 15) is 26.4 Å². The Labute approximate surface area is 199 Å². The summed E-state index contributed by atoms with van der Waals surface area (Å²) < 4.78 is 80.3. The second-order valence-corrected chi connectivity index (χ2v) is 9.27. The lowest BCUT2D eigenvalue weighted by atomic mass is 10.1. The van der Waals surface area contributed by atoms with Crippen molar-refractivity contribution in [3.63, 3.8) is 0 Å². The van der Waals surface area contributed by atoms with Gasteiger partial charge in [0.25, 0.3) is 0 Å². The third-order valence-electron chi connectivity index (χ3n) is 4.71. The van der Waals surface area contributed by atoms with Crippen LogP contribution in [0.15, 0.2) is 76.5 Å². The van der Waals surface area contributed by atoms with Crippen molar-refractivity contribution < 1.29 is 45.7 Å². The SMILES string of the molecule is COCCOc1cc(CC(=O)O)cc(S(=O)(=O)c2ccc(Oc3ccc(C(F)(F)F)cc3)cc2)c1. The molecule has 186 valence electrons. The molecule has 0 amide bonds. The highest BCUT2D eigenvalue weighted by atomic mass is 32.2. The monoisotopic (exact) mass is 510 g/mol. The Balaban J connectivity index is 1.83. The molecule has 0 aliphatic carbocycles. The zero-order valence-corrected chi connectivity index (χ0v) is 19.2. The van der Waals surface area contributed by atoms with Crippen molar-refractivity contribution in [1.29, 1.82) is 0 Å². The van der Waals surface area contributed by atoms with Crippen LogP contribution >= 0.6 is 0 Å². The number of aliphatic carboxylic acids is 1. The zero-order valence-electron chi connectivity index (χ0n) is 18.4. The molecule has 7 nitrogen and oxygen atoms in total. The first-order chi connectivity index (χ1) is 16.5. The number of methoxy groups -OCH3 is 1. The van der Waals surface area contributed by atoms with Crippen molar-refractivity contribution >= 4 is 15.8 Å². The summed E-state index contributed by atoms with van der Waals surface area (Å²) in [7, 11) is -2.57. The largest absolute Gasteiger partial charge is 0.491 e. The molecule has 3 rings (SSSR count). The van der Waals surface area contributed by atoms with Gasteiger partial charge in [-0.1, -0.05) is 0 Å². The van der Waals surface area contributed by atoms with Crippen molar-refractivity contribution in [3.8, 4) is 17.2 Å². The van der Waals surface area contributed by atoms with E-state index in [0.717, 1.165) is 24.3 Å². The molecule has 3 aromatic carbocycles. The summed E-state index contributed by atoms with van der Waals surface area (Å²) in [6.45, 7) is 0.397. The second kappa shape index (κ2) is 10.8. The number of halogens is 3. The molecule has 0 fully saturated rings. The topological polar surface area (TPSA) is 99.1 Å². The number of hydrogen-bond acceptors (Lipinski definition) is 6. The highest BCUT2D eigenvalue weighted by Crippen LogP contribution is 2.32. The summed E-state index contributed by atoms with van der Waals surface area (Å²) in [4.78, 5) is 10.9. The maximum Gasteiger partial charge on any atom is 0.416 e. The molecule has 35 heavy (non-hydrogen) atoms. The summed E-state index contributed by atoms with van der Waals surface area (Å²) in [5.74, 6) is -0.589. The molecule has 0 aliphatic rings. The van der Waals surface area contributed by atoms with Crippen LogP contribution in [0.5, 0.6) is 17.2 Å².